The number of pyridine rings is 1. The molecular formula is C12H19ClN2. The van der Waals surface area contributed by atoms with Gasteiger partial charge in [0, 0.05) is 12.4 Å². The van der Waals surface area contributed by atoms with Gasteiger partial charge in [0.15, 0.2) is 0 Å². The third-order valence-electron chi connectivity index (χ3n) is 2.34. The van der Waals surface area contributed by atoms with Crippen molar-refractivity contribution in [2.45, 2.75) is 26.7 Å². The van der Waals surface area contributed by atoms with Gasteiger partial charge >= 0.3 is 0 Å². The molecule has 0 radical (unpaired) electrons. The highest BCUT2D eigenvalue weighted by Gasteiger charge is 2.06. The lowest BCUT2D eigenvalue weighted by molar-refractivity contribution is 0.510. The molecule has 1 aromatic rings. The molecule has 0 saturated heterocycles. The van der Waals surface area contributed by atoms with E-state index in [9.17, 15) is 0 Å². The lowest BCUT2D eigenvalue weighted by Crippen LogP contribution is -2.23. The molecule has 1 heterocycles. The number of hydrogen-bond acceptors (Lipinski definition) is 2. The van der Waals surface area contributed by atoms with Crippen molar-refractivity contribution >= 4 is 11.6 Å². The van der Waals surface area contributed by atoms with E-state index in [4.69, 9.17) is 11.6 Å². The standard InChI is InChI=1S/C12H19ClN2/c1-3-5-14-8-10(2)7-11-4-6-15-9-12(11)13/h4,6,9-10,14H,3,5,7-8H2,1-2H3. The van der Waals surface area contributed by atoms with E-state index in [2.05, 4.69) is 24.1 Å². The van der Waals surface area contributed by atoms with Crippen LogP contribution in [0.1, 0.15) is 25.8 Å². The largest absolute Gasteiger partial charge is 0.316 e. The van der Waals surface area contributed by atoms with Crippen LogP contribution in [0.2, 0.25) is 5.02 Å². The van der Waals surface area contributed by atoms with E-state index in [1.165, 1.54) is 12.0 Å². The number of rotatable bonds is 6. The maximum atomic E-state index is 6.05. The second-order valence-corrected chi connectivity index (χ2v) is 4.39. The maximum absolute atomic E-state index is 6.05. The van der Waals surface area contributed by atoms with Gasteiger partial charge in [0.1, 0.15) is 0 Å². The Balaban J connectivity index is 2.37. The number of hydrogen-bond donors (Lipinski definition) is 1. The zero-order valence-electron chi connectivity index (χ0n) is 9.46. The fourth-order valence-electron chi connectivity index (χ4n) is 1.54. The molecule has 0 spiro atoms. The average molecular weight is 227 g/mol. The molecule has 3 heteroatoms. The Kier molecular flexibility index (Phi) is 5.66. The molecule has 15 heavy (non-hydrogen) atoms. The minimum Gasteiger partial charge on any atom is -0.316 e. The van der Waals surface area contributed by atoms with Crippen molar-refractivity contribution in [2.75, 3.05) is 13.1 Å². The number of halogens is 1. The molecule has 1 rings (SSSR count). The SMILES string of the molecule is CCCNCC(C)Cc1ccncc1Cl. The highest BCUT2D eigenvalue weighted by Crippen LogP contribution is 2.17. The molecule has 1 N–H and O–H groups in total. The molecule has 0 saturated carbocycles. The van der Waals surface area contributed by atoms with E-state index in [0.29, 0.717) is 5.92 Å². The van der Waals surface area contributed by atoms with Crippen LogP contribution in [-0.2, 0) is 6.42 Å². The van der Waals surface area contributed by atoms with Gasteiger partial charge in [-0.05, 0) is 43.5 Å². The summed E-state index contributed by atoms with van der Waals surface area (Å²) in [5.41, 5.74) is 1.19. The van der Waals surface area contributed by atoms with Gasteiger partial charge in [0.05, 0.1) is 5.02 Å². The molecule has 2 nitrogen and oxygen atoms in total. The number of aromatic nitrogens is 1. The second-order valence-electron chi connectivity index (χ2n) is 3.98. The second kappa shape index (κ2) is 6.81. The molecule has 0 amide bonds. The van der Waals surface area contributed by atoms with E-state index >= 15 is 0 Å². The molecule has 1 unspecified atom stereocenters. The third-order valence-corrected chi connectivity index (χ3v) is 2.68. The first-order chi connectivity index (χ1) is 7.24. The molecule has 84 valence electrons. The summed E-state index contributed by atoms with van der Waals surface area (Å²) in [5, 5.41) is 4.19. The van der Waals surface area contributed by atoms with Crippen LogP contribution in [0.3, 0.4) is 0 Å². The van der Waals surface area contributed by atoms with Crippen LogP contribution >= 0.6 is 11.6 Å². The summed E-state index contributed by atoms with van der Waals surface area (Å²) in [5.74, 6) is 0.608. The molecule has 0 aliphatic heterocycles. The molecule has 0 bridgehead atoms. The Labute approximate surface area is 97.1 Å². The fraction of sp³-hybridized carbons (Fsp3) is 0.583. The zero-order valence-corrected chi connectivity index (χ0v) is 10.2. The van der Waals surface area contributed by atoms with Crippen LogP contribution in [0.15, 0.2) is 18.5 Å². The average Bonchev–Trinajstić information content (AvgIpc) is 2.22. The van der Waals surface area contributed by atoms with Crippen LogP contribution in [0.5, 0.6) is 0 Å². The third kappa shape index (κ3) is 4.63. The normalized spacial score (nSPS) is 12.7. The summed E-state index contributed by atoms with van der Waals surface area (Å²) in [4.78, 5) is 3.98. The fourth-order valence-corrected chi connectivity index (χ4v) is 1.74. The molecule has 0 aromatic carbocycles. The Hall–Kier alpha value is -0.600. The van der Waals surface area contributed by atoms with Crippen molar-refractivity contribution < 1.29 is 0 Å². The van der Waals surface area contributed by atoms with E-state index in [-0.39, 0.29) is 0 Å². The van der Waals surface area contributed by atoms with Gasteiger partial charge in [-0.15, -0.1) is 0 Å². The van der Waals surface area contributed by atoms with Crippen LogP contribution in [-0.4, -0.2) is 18.1 Å². The summed E-state index contributed by atoms with van der Waals surface area (Å²) in [6, 6.07) is 2.00. The van der Waals surface area contributed by atoms with Crippen molar-refractivity contribution in [3.8, 4) is 0 Å². The predicted octanol–water partition coefficient (Wildman–Crippen LogP) is 2.91. The zero-order chi connectivity index (χ0) is 11.1. The van der Waals surface area contributed by atoms with Gasteiger partial charge in [-0.1, -0.05) is 25.4 Å². The van der Waals surface area contributed by atoms with Crippen molar-refractivity contribution in [2.24, 2.45) is 5.92 Å². The Bertz CT molecular complexity index is 289. The highest BCUT2D eigenvalue weighted by atomic mass is 35.5. The predicted molar refractivity (Wildman–Crippen MR) is 65.3 cm³/mol. The van der Waals surface area contributed by atoms with E-state index in [1.807, 2.05) is 6.07 Å². The Morgan fingerprint density at radius 1 is 1.53 bits per heavy atom. The lowest BCUT2D eigenvalue weighted by Gasteiger charge is -2.12. The van der Waals surface area contributed by atoms with Gasteiger partial charge < -0.3 is 5.32 Å². The molecule has 0 aliphatic rings. The van der Waals surface area contributed by atoms with E-state index in [0.717, 1.165) is 24.5 Å². The van der Waals surface area contributed by atoms with Crippen molar-refractivity contribution in [1.29, 1.82) is 0 Å². The Morgan fingerprint density at radius 3 is 3.00 bits per heavy atom. The Morgan fingerprint density at radius 2 is 2.33 bits per heavy atom. The smallest absolute Gasteiger partial charge is 0.0621 e. The first-order valence-electron chi connectivity index (χ1n) is 5.53. The number of nitrogens with zero attached hydrogens (tertiary/aromatic N) is 1. The van der Waals surface area contributed by atoms with Crippen LogP contribution in [0.4, 0.5) is 0 Å². The van der Waals surface area contributed by atoms with Crippen LogP contribution in [0.25, 0.3) is 0 Å². The molecule has 1 aromatic heterocycles. The number of nitrogens with one attached hydrogen (secondary N) is 1. The molecule has 1 atom stereocenters. The minimum atomic E-state index is 0.608. The summed E-state index contributed by atoms with van der Waals surface area (Å²) >= 11 is 6.05. The van der Waals surface area contributed by atoms with Crippen molar-refractivity contribution in [3.63, 3.8) is 0 Å². The highest BCUT2D eigenvalue weighted by molar-refractivity contribution is 6.31. The van der Waals surface area contributed by atoms with Gasteiger partial charge in [0.25, 0.3) is 0 Å². The van der Waals surface area contributed by atoms with Crippen LogP contribution < -0.4 is 5.32 Å². The van der Waals surface area contributed by atoms with Gasteiger partial charge in [-0.2, -0.15) is 0 Å². The van der Waals surface area contributed by atoms with Gasteiger partial charge in [0.2, 0.25) is 0 Å². The van der Waals surface area contributed by atoms with Crippen molar-refractivity contribution in [1.82, 2.24) is 10.3 Å². The van der Waals surface area contributed by atoms with Crippen molar-refractivity contribution in [3.05, 3.63) is 29.0 Å². The summed E-state index contributed by atoms with van der Waals surface area (Å²) in [7, 11) is 0. The summed E-state index contributed by atoms with van der Waals surface area (Å²) in [6.07, 6.45) is 5.71. The molecule has 0 fully saturated rings. The quantitative estimate of drug-likeness (QED) is 0.755. The van der Waals surface area contributed by atoms with E-state index < -0.39 is 0 Å². The monoisotopic (exact) mass is 226 g/mol. The summed E-state index contributed by atoms with van der Waals surface area (Å²) in [6.45, 7) is 6.55. The van der Waals surface area contributed by atoms with Crippen LogP contribution in [0, 0.1) is 5.92 Å². The lowest BCUT2D eigenvalue weighted by atomic mass is 10.0. The molecular weight excluding hydrogens is 208 g/mol. The first-order valence-corrected chi connectivity index (χ1v) is 5.91. The van der Waals surface area contributed by atoms with Gasteiger partial charge in [-0.3, -0.25) is 4.98 Å². The maximum Gasteiger partial charge on any atom is 0.0621 e. The summed E-state index contributed by atoms with van der Waals surface area (Å²) < 4.78 is 0. The molecule has 0 aliphatic carbocycles. The van der Waals surface area contributed by atoms with E-state index in [1.54, 1.807) is 12.4 Å². The first kappa shape index (κ1) is 12.5. The van der Waals surface area contributed by atoms with Gasteiger partial charge in [-0.25, -0.2) is 0 Å². The minimum absolute atomic E-state index is 0.608. The topological polar surface area (TPSA) is 24.9 Å².